The molecule has 0 radical (unpaired) electrons. The number of aryl methyl sites for hydroxylation is 1. The van der Waals surface area contributed by atoms with Crippen LogP contribution in [0.4, 0.5) is 17.2 Å². The van der Waals surface area contributed by atoms with E-state index in [1.807, 2.05) is 12.3 Å². The Morgan fingerprint density at radius 1 is 1.06 bits per heavy atom. The maximum absolute atomic E-state index is 4.49. The lowest BCUT2D eigenvalue weighted by atomic mass is 10.2. The third-order valence-corrected chi connectivity index (χ3v) is 3.19. The number of para-hydroxylation sites is 1. The molecule has 3 nitrogen and oxygen atoms in total. The van der Waals surface area contributed by atoms with Gasteiger partial charge in [-0.05, 0) is 30.7 Å². The molecule has 1 aliphatic rings. The number of hydrogen-bond donors (Lipinski definition) is 0. The minimum Gasteiger partial charge on any atom is -0.354 e. The van der Waals surface area contributed by atoms with Crippen LogP contribution in [0.1, 0.15) is 5.56 Å². The van der Waals surface area contributed by atoms with Crippen molar-refractivity contribution < 1.29 is 0 Å². The van der Waals surface area contributed by atoms with Crippen LogP contribution >= 0.6 is 0 Å². The van der Waals surface area contributed by atoms with Gasteiger partial charge in [0.25, 0.3) is 0 Å². The van der Waals surface area contributed by atoms with Gasteiger partial charge in [0.1, 0.15) is 0 Å². The number of benzene rings is 1. The standard InChI is InChI=1S/C14H15N3/c1-11-6-3-4-7-12(11)17-10-16(2)13-8-5-9-15-14(13)17/h3-9H,10H2,1-2H3. The minimum atomic E-state index is 0.858. The Morgan fingerprint density at radius 3 is 2.65 bits per heavy atom. The largest absolute Gasteiger partial charge is 0.354 e. The first-order valence-electron chi connectivity index (χ1n) is 5.76. The monoisotopic (exact) mass is 225 g/mol. The van der Waals surface area contributed by atoms with E-state index in [4.69, 9.17) is 0 Å². The van der Waals surface area contributed by atoms with Gasteiger partial charge >= 0.3 is 0 Å². The van der Waals surface area contributed by atoms with Gasteiger partial charge < -0.3 is 9.80 Å². The van der Waals surface area contributed by atoms with E-state index in [9.17, 15) is 0 Å². The van der Waals surface area contributed by atoms with Gasteiger partial charge in [-0.15, -0.1) is 0 Å². The summed E-state index contributed by atoms with van der Waals surface area (Å²) in [6.45, 7) is 2.99. The predicted molar refractivity (Wildman–Crippen MR) is 70.8 cm³/mol. The highest BCUT2D eigenvalue weighted by atomic mass is 15.4. The van der Waals surface area contributed by atoms with Crippen LogP contribution < -0.4 is 9.80 Å². The van der Waals surface area contributed by atoms with E-state index >= 15 is 0 Å². The second-order valence-corrected chi connectivity index (χ2v) is 4.40. The minimum absolute atomic E-state index is 0.858. The fraction of sp³-hybridized carbons (Fsp3) is 0.214. The summed E-state index contributed by atoms with van der Waals surface area (Å²) in [5, 5.41) is 0. The zero-order chi connectivity index (χ0) is 11.8. The molecular weight excluding hydrogens is 210 g/mol. The van der Waals surface area contributed by atoms with Crippen LogP contribution in [0, 0.1) is 6.92 Å². The van der Waals surface area contributed by atoms with E-state index in [0.29, 0.717) is 0 Å². The summed E-state index contributed by atoms with van der Waals surface area (Å²) in [4.78, 5) is 8.96. The van der Waals surface area contributed by atoms with Crippen molar-refractivity contribution in [2.24, 2.45) is 0 Å². The molecule has 0 unspecified atom stereocenters. The Balaban J connectivity index is 2.11. The van der Waals surface area contributed by atoms with Crippen molar-refractivity contribution in [2.45, 2.75) is 6.92 Å². The average molecular weight is 225 g/mol. The predicted octanol–water partition coefficient (Wildman–Crippen LogP) is 2.94. The van der Waals surface area contributed by atoms with Gasteiger partial charge in [0.15, 0.2) is 5.82 Å². The van der Waals surface area contributed by atoms with Gasteiger partial charge in [-0.3, -0.25) is 0 Å². The SMILES string of the molecule is Cc1ccccc1N1CN(C)c2cccnc21. The van der Waals surface area contributed by atoms with Crippen LogP contribution in [-0.2, 0) is 0 Å². The summed E-state index contributed by atoms with van der Waals surface area (Å²) in [6.07, 6.45) is 1.85. The highest BCUT2D eigenvalue weighted by Gasteiger charge is 2.25. The number of rotatable bonds is 1. The summed E-state index contributed by atoms with van der Waals surface area (Å²) in [5.74, 6) is 1.05. The lowest BCUT2D eigenvalue weighted by molar-refractivity contribution is 0.940. The highest BCUT2D eigenvalue weighted by molar-refractivity contribution is 5.79. The van der Waals surface area contributed by atoms with E-state index < -0.39 is 0 Å². The smallest absolute Gasteiger partial charge is 0.158 e. The van der Waals surface area contributed by atoms with E-state index in [1.165, 1.54) is 16.9 Å². The second-order valence-electron chi connectivity index (χ2n) is 4.40. The van der Waals surface area contributed by atoms with Crippen molar-refractivity contribution >= 4 is 17.2 Å². The molecule has 0 fully saturated rings. The molecule has 3 rings (SSSR count). The zero-order valence-corrected chi connectivity index (χ0v) is 10.1. The van der Waals surface area contributed by atoms with Gasteiger partial charge in [-0.2, -0.15) is 0 Å². The zero-order valence-electron chi connectivity index (χ0n) is 10.1. The topological polar surface area (TPSA) is 19.4 Å². The summed E-state index contributed by atoms with van der Waals surface area (Å²) in [7, 11) is 2.10. The molecule has 1 aliphatic heterocycles. The Labute approximate surface area is 101 Å². The first-order valence-corrected chi connectivity index (χ1v) is 5.76. The Morgan fingerprint density at radius 2 is 1.82 bits per heavy atom. The molecule has 0 saturated heterocycles. The Kier molecular flexibility index (Phi) is 2.25. The number of aromatic nitrogens is 1. The van der Waals surface area contributed by atoms with Crippen molar-refractivity contribution in [1.29, 1.82) is 0 Å². The summed E-state index contributed by atoms with van der Waals surface area (Å²) in [6, 6.07) is 12.5. The van der Waals surface area contributed by atoms with Gasteiger partial charge in [-0.1, -0.05) is 18.2 Å². The second kappa shape index (κ2) is 3.77. The van der Waals surface area contributed by atoms with Crippen molar-refractivity contribution in [3.63, 3.8) is 0 Å². The van der Waals surface area contributed by atoms with Gasteiger partial charge in [0.05, 0.1) is 12.4 Å². The summed E-state index contributed by atoms with van der Waals surface area (Å²) < 4.78 is 0. The number of anilines is 3. The first-order chi connectivity index (χ1) is 8.27. The first kappa shape index (κ1) is 10.1. The van der Waals surface area contributed by atoms with Gasteiger partial charge in [-0.25, -0.2) is 4.98 Å². The molecule has 0 atom stereocenters. The molecule has 0 bridgehead atoms. The average Bonchev–Trinajstić information content (AvgIpc) is 2.68. The molecule has 0 saturated carbocycles. The van der Waals surface area contributed by atoms with E-state index in [0.717, 1.165) is 12.5 Å². The molecule has 0 amide bonds. The molecule has 1 aromatic heterocycles. The van der Waals surface area contributed by atoms with Crippen LogP contribution in [0.15, 0.2) is 42.6 Å². The van der Waals surface area contributed by atoms with Crippen LogP contribution in [0.5, 0.6) is 0 Å². The van der Waals surface area contributed by atoms with Crippen molar-refractivity contribution in [3.8, 4) is 0 Å². The van der Waals surface area contributed by atoms with Crippen LogP contribution in [0.3, 0.4) is 0 Å². The molecule has 1 aromatic carbocycles. The normalized spacial score (nSPS) is 14.0. The lowest BCUT2D eigenvalue weighted by Crippen LogP contribution is -2.24. The lowest BCUT2D eigenvalue weighted by Gasteiger charge is -2.20. The van der Waals surface area contributed by atoms with E-state index in [-0.39, 0.29) is 0 Å². The maximum atomic E-state index is 4.49. The molecule has 86 valence electrons. The number of hydrogen-bond acceptors (Lipinski definition) is 3. The highest BCUT2D eigenvalue weighted by Crippen LogP contribution is 2.38. The molecule has 0 spiro atoms. The fourth-order valence-corrected chi connectivity index (χ4v) is 2.31. The van der Waals surface area contributed by atoms with Crippen LogP contribution in [0.2, 0.25) is 0 Å². The van der Waals surface area contributed by atoms with E-state index in [2.05, 4.69) is 59.1 Å². The molecule has 17 heavy (non-hydrogen) atoms. The van der Waals surface area contributed by atoms with Crippen molar-refractivity contribution in [2.75, 3.05) is 23.5 Å². The fourth-order valence-electron chi connectivity index (χ4n) is 2.31. The summed E-state index contributed by atoms with van der Waals surface area (Å²) in [5.41, 5.74) is 3.70. The molecular formula is C14H15N3. The van der Waals surface area contributed by atoms with E-state index in [1.54, 1.807) is 0 Å². The van der Waals surface area contributed by atoms with Crippen molar-refractivity contribution in [1.82, 2.24) is 4.98 Å². The number of nitrogens with zero attached hydrogens (tertiary/aromatic N) is 3. The molecule has 2 heterocycles. The third kappa shape index (κ3) is 1.55. The van der Waals surface area contributed by atoms with Crippen LogP contribution in [-0.4, -0.2) is 18.7 Å². The Bertz CT molecular complexity index is 551. The molecule has 3 heteroatoms. The van der Waals surface area contributed by atoms with Gasteiger partial charge in [0, 0.05) is 18.9 Å². The third-order valence-electron chi connectivity index (χ3n) is 3.19. The van der Waals surface area contributed by atoms with Crippen molar-refractivity contribution in [3.05, 3.63) is 48.2 Å². The molecule has 0 aliphatic carbocycles. The quantitative estimate of drug-likeness (QED) is 0.744. The molecule has 0 N–H and O–H groups in total. The van der Waals surface area contributed by atoms with Gasteiger partial charge in [0.2, 0.25) is 0 Å². The Hall–Kier alpha value is -2.03. The van der Waals surface area contributed by atoms with Crippen LogP contribution in [0.25, 0.3) is 0 Å². The molecule has 2 aromatic rings. The number of pyridine rings is 1. The summed E-state index contributed by atoms with van der Waals surface area (Å²) >= 11 is 0. The number of fused-ring (bicyclic) bond motifs is 1. The maximum Gasteiger partial charge on any atom is 0.158 e.